The van der Waals surface area contributed by atoms with Crippen LogP contribution in [-0.4, -0.2) is 30.7 Å². The van der Waals surface area contributed by atoms with E-state index in [2.05, 4.69) is 10.6 Å². The summed E-state index contributed by atoms with van der Waals surface area (Å²) in [6.45, 7) is 0. The zero-order valence-corrected chi connectivity index (χ0v) is 15.1. The third-order valence-corrected chi connectivity index (χ3v) is 4.39. The number of carbonyl (C=O) groups excluding carboxylic acids is 3. The van der Waals surface area contributed by atoms with Crippen molar-refractivity contribution in [3.63, 3.8) is 0 Å². The average Bonchev–Trinajstić information content (AvgIpc) is 2.67. The van der Waals surface area contributed by atoms with Gasteiger partial charge in [-0.15, -0.1) is 11.8 Å². The molecule has 0 heterocycles. The Bertz CT molecular complexity index is 738. The monoisotopic (exact) mass is 372 g/mol. The Balaban J connectivity index is 1.95. The van der Waals surface area contributed by atoms with Gasteiger partial charge in [-0.3, -0.25) is 14.9 Å². The molecule has 2 aromatic carbocycles. The van der Waals surface area contributed by atoms with E-state index in [9.17, 15) is 14.4 Å². The number of carbonyl (C=O) groups is 3. The van der Waals surface area contributed by atoms with Crippen molar-refractivity contribution in [3.8, 4) is 0 Å². The summed E-state index contributed by atoms with van der Waals surface area (Å²) in [5, 5.41) is 4.44. The SMILES string of the molecule is CNC(=O)NC(=O)[C@@H](OC(=O)CCSc1ccccc1)c1ccccc1. The lowest BCUT2D eigenvalue weighted by molar-refractivity contribution is -0.155. The fraction of sp³-hybridized carbons (Fsp3) is 0.211. The van der Waals surface area contributed by atoms with Gasteiger partial charge in [0.15, 0.2) is 0 Å². The van der Waals surface area contributed by atoms with Crippen LogP contribution < -0.4 is 10.6 Å². The predicted octanol–water partition coefficient (Wildman–Crippen LogP) is 2.91. The van der Waals surface area contributed by atoms with E-state index in [1.165, 1.54) is 18.8 Å². The van der Waals surface area contributed by atoms with Crippen molar-refractivity contribution in [2.45, 2.75) is 17.4 Å². The predicted molar refractivity (Wildman–Crippen MR) is 99.7 cm³/mol. The number of thioether (sulfide) groups is 1. The van der Waals surface area contributed by atoms with Crippen molar-refractivity contribution in [1.82, 2.24) is 10.6 Å². The first-order chi connectivity index (χ1) is 12.6. The van der Waals surface area contributed by atoms with Gasteiger partial charge in [-0.1, -0.05) is 48.5 Å². The van der Waals surface area contributed by atoms with Crippen molar-refractivity contribution in [1.29, 1.82) is 0 Å². The largest absolute Gasteiger partial charge is 0.447 e. The number of esters is 1. The van der Waals surface area contributed by atoms with E-state index in [4.69, 9.17) is 4.74 Å². The molecule has 26 heavy (non-hydrogen) atoms. The van der Waals surface area contributed by atoms with Gasteiger partial charge < -0.3 is 10.1 Å². The summed E-state index contributed by atoms with van der Waals surface area (Å²) in [5.41, 5.74) is 0.498. The molecule has 7 heteroatoms. The molecule has 2 aromatic rings. The number of hydrogen-bond donors (Lipinski definition) is 2. The van der Waals surface area contributed by atoms with Crippen molar-refractivity contribution < 1.29 is 19.1 Å². The number of benzene rings is 2. The van der Waals surface area contributed by atoms with E-state index in [0.29, 0.717) is 11.3 Å². The Morgan fingerprint density at radius 1 is 1.00 bits per heavy atom. The van der Waals surface area contributed by atoms with Crippen LogP contribution in [0.3, 0.4) is 0 Å². The molecular formula is C19H20N2O4S. The zero-order valence-electron chi connectivity index (χ0n) is 14.3. The molecule has 0 aromatic heterocycles. The van der Waals surface area contributed by atoms with E-state index in [1.807, 2.05) is 30.3 Å². The van der Waals surface area contributed by atoms with Gasteiger partial charge in [0.1, 0.15) is 0 Å². The van der Waals surface area contributed by atoms with E-state index in [1.54, 1.807) is 30.3 Å². The van der Waals surface area contributed by atoms with Crippen molar-refractivity contribution in [2.24, 2.45) is 0 Å². The molecule has 0 unspecified atom stereocenters. The van der Waals surface area contributed by atoms with Crippen LogP contribution in [0.1, 0.15) is 18.1 Å². The molecule has 3 amide bonds. The minimum Gasteiger partial charge on any atom is -0.447 e. The van der Waals surface area contributed by atoms with Gasteiger partial charge in [0, 0.05) is 23.3 Å². The smallest absolute Gasteiger partial charge is 0.321 e. The van der Waals surface area contributed by atoms with E-state index < -0.39 is 24.0 Å². The van der Waals surface area contributed by atoms with Crippen molar-refractivity contribution >= 4 is 29.7 Å². The molecule has 136 valence electrons. The lowest BCUT2D eigenvalue weighted by Crippen LogP contribution is -2.41. The van der Waals surface area contributed by atoms with Gasteiger partial charge in [0.2, 0.25) is 6.10 Å². The Hall–Kier alpha value is -2.80. The summed E-state index contributed by atoms with van der Waals surface area (Å²) in [5.74, 6) is -0.671. The fourth-order valence-corrected chi connectivity index (χ4v) is 2.95. The average molecular weight is 372 g/mol. The van der Waals surface area contributed by atoms with E-state index in [0.717, 1.165) is 4.90 Å². The van der Waals surface area contributed by atoms with E-state index >= 15 is 0 Å². The molecule has 0 radical (unpaired) electrons. The van der Waals surface area contributed by atoms with Crippen LogP contribution in [0.25, 0.3) is 0 Å². The molecule has 0 saturated carbocycles. The normalized spacial score (nSPS) is 11.3. The van der Waals surface area contributed by atoms with Crippen LogP contribution in [-0.2, 0) is 14.3 Å². The molecule has 2 rings (SSSR count). The Morgan fingerprint density at radius 2 is 1.62 bits per heavy atom. The summed E-state index contributed by atoms with van der Waals surface area (Å²) in [6.07, 6.45) is -1.03. The maximum atomic E-state index is 12.3. The molecule has 0 saturated heterocycles. The molecule has 0 aliphatic heterocycles. The van der Waals surface area contributed by atoms with Crippen LogP contribution in [0.5, 0.6) is 0 Å². The molecular weight excluding hydrogens is 352 g/mol. The summed E-state index contributed by atoms with van der Waals surface area (Å²) >= 11 is 1.53. The first-order valence-corrected chi connectivity index (χ1v) is 9.03. The quantitative estimate of drug-likeness (QED) is 0.577. The van der Waals surface area contributed by atoms with Gasteiger partial charge in [0.25, 0.3) is 5.91 Å². The minimum absolute atomic E-state index is 0.149. The Labute approximate surface area is 156 Å². The molecule has 0 aliphatic carbocycles. The third kappa shape index (κ3) is 6.25. The summed E-state index contributed by atoms with van der Waals surface area (Å²) < 4.78 is 5.34. The van der Waals surface area contributed by atoms with Crippen LogP contribution >= 0.6 is 11.8 Å². The lowest BCUT2D eigenvalue weighted by atomic mass is 10.1. The van der Waals surface area contributed by atoms with Gasteiger partial charge in [0.05, 0.1) is 6.42 Å². The standard InChI is InChI=1S/C19H20N2O4S/c1-20-19(24)21-18(23)17(14-8-4-2-5-9-14)25-16(22)12-13-26-15-10-6-3-7-11-15/h2-11,17H,12-13H2,1H3,(H2,20,21,23,24)/t17-/m0/s1. The van der Waals surface area contributed by atoms with Gasteiger partial charge in [-0.05, 0) is 12.1 Å². The topological polar surface area (TPSA) is 84.5 Å². The molecule has 1 atom stereocenters. The van der Waals surface area contributed by atoms with Crippen LogP contribution in [0, 0.1) is 0 Å². The lowest BCUT2D eigenvalue weighted by Gasteiger charge is -2.17. The first kappa shape index (κ1) is 19.5. The van der Waals surface area contributed by atoms with Crippen molar-refractivity contribution in [3.05, 3.63) is 66.2 Å². The third-order valence-electron chi connectivity index (χ3n) is 3.37. The van der Waals surface area contributed by atoms with Gasteiger partial charge >= 0.3 is 12.0 Å². The molecule has 0 spiro atoms. The first-order valence-electron chi connectivity index (χ1n) is 8.05. The van der Waals surface area contributed by atoms with Crippen LogP contribution in [0.4, 0.5) is 4.79 Å². The molecule has 0 aliphatic rings. The van der Waals surface area contributed by atoms with Crippen LogP contribution in [0.15, 0.2) is 65.6 Å². The zero-order chi connectivity index (χ0) is 18.8. The number of amides is 3. The molecule has 2 N–H and O–H groups in total. The fourth-order valence-electron chi connectivity index (χ4n) is 2.10. The highest BCUT2D eigenvalue weighted by Crippen LogP contribution is 2.21. The highest BCUT2D eigenvalue weighted by molar-refractivity contribution is 7.99. The number of hydrogen-bond acceptors (Lipinski definition) is 5. The minimum atomic E-state index is -1.18. The number of nitrogens with one attached hydrogen (secondary N) is 2. The molecule has 0 fully saturated rings. The molecule has 6 nitrogen and oxygen atoms in total. The van der Waals surface area contributed by atoms with Crippen LogP contribution in [0.2, 0.25) is 0 Å². The Morgan fingerprint density at radius 3 is 2.23 bits per heavy atom. The second-order valence-electron chi connectivity index (χ2n) is 5.26. The van der Waals surface area contributed by atoms with Gasteiger partial charge in [-0.2, -0.15) is 0 Å². The maximum absolute atomic E-state index is 12.3. The number of urea groups is 1. The Kier molecular flexibility index (Phi) is 7.70. The molecule has 0 bridgehead atoms. The highest BCUT2D eigenvalue weighted by Gasteiger charge is 2.26. The number of rotatable bonds is 7. The van der Waals surface area contributed by atoms with Gasteiger partial charge in [-0.25, -0.2) is 4.79 Å². The summed E-state index contributed by atoms with van der Waals surface area (Å²) in [4.78, 5) is 36.9. The second kappa shape index (κ2) is 10.2. The second-order valence-corrected chi connectivity index (χ2v) is 6.43. The van der Waals surface area contributed by atoms with E-state index in [-0.39, 0.29) is 6.42 Å². The summed E-state index contributed by atoms with van der Waals surface area (Å²) in [6, 6.07) is 17.6. The highest BCUT2D eigenvalue weighted by atomic mass is 32.2. The van der Waals surface area contributed by atoms with Crippen molar-refractivity contribution in [2.75, 3.05) is 12.8 Å². The number of imide groups is 1. The maximum Gasteiger partial charge on any atom is 0.321 e. The number of ether oxygens (including phenoxy) is 1. The summed E-state index contributed by atoms with van der Waals surface area (Å²) in [7, 11) is 1.40.